The molecule has 2 aromatic rings. The lowest BCUT2D eigenvalue weighted by atomic mass is 10.1. The fourth-order valence-corrected chi connectivity index (χ4v) is 3.30. The quantitative estimate of drug-likeness (QED) is 0.607. The first-order valence-corrected chi connectivity index (χ1v) is 9.96. The van der Waals surface area contributed by atoms with Gasteiger partial charge in [-0.1, -0.05) is 12.1 Å². The Morgan fingerprint density at radius 2 is 1.76 bits per heavy atom. The number of rotatable bonds is 9. The highest BCUT2D eigenvalue weighted by Gasteiger charge is 2.21. The summed E-state index contributed by atoms with van der Waals surface area (Å²) in [5.74, 6) is 0.921. The van der Waals surface area contributed by atoms with Crippen LogP contribution in [0.3, 0.4) is 0 Å². The van der Waals surface area contributed by atoms with Gasteiger partial charge in [-0.25, -0.2) is 0 Å². The summed E-state index contributed by atoms with van der Waals surface area (Å²) in [6, 6.07) is 10.4. The number of halogens is 1. The number of methoxy groups -OCH3 is 2. The highest BCUT2D eigenvalue weighted by molar-refractivity contribution is 9.10. The van der Waals surface area contributed by atoms with Crippen LogP contribution in [0.5, 0.6) is 17.2 Å². The molecule has 0 aromatic heterocycles. The summed E-state index contributed by atoms with van der Waals surface area (Å²) in [6.07, 6.45) is 0. The Hall–Kier alpha value is -2.74. The minimum atomic E-state index is -0.318. The van der Waals surface area contributed by atoms with Gasteiger partial charge in [0.15, 0.2) is 11.5 Å². The highest BCUT2D eigenvalue weighted by atomic mass is 79.9. The van der Waals surface area contributed by atoms with E-state index in [1.165, 1.54) is 19.1 Å². The maximum atomic E-state index is 13.0. The number of para-hydroxylation sites is 2. The fraction of sp³-hybridized carbons (Fsp3) is 0.333. The van der Waals surface area contributed by atoms with Crippen LogP contribution in [-0.4, -0.2) is 50.6 Å². The first-order chi connectivity index (χ1) is 13.9. The van der Waals surface area contributed by atoms with Crippen molar-refractivity contribution < 1.29 is 23.8 Å². The topological polar surface area (TPSA) is 77.1 Å². The number of likely N-dealkylation sites (N-methyl/N-ethyl adjacent to an activating group) is 1. The normalized spacial score (nSPS) is 10.2. The van der Waals surface area contributed by atoms with Gasteiger partial charge >= 0.3 is 0 Å². The summed E-state index contributed by atoms with van der Waals surface area (Å²) in [5.41, 5.74) is 0.943. The summed E-state index contributed by atoms with van der Waals surface area (Å²) in [5, 5.41) is 2.78. The van der Waals surface area contributed by atoms with Gasteiger partial charge in [-0.15, -0.1) is 0 Å². The Kier molecular flexibility index (Phi) is 8.33. The van der Waals surface area contributed by atoms with E-state index >= 15 is 0 Å². The number of nitrogens with one attached hydrogen (secondary N) is 1. The van der Waals surface area contributed by atoms with E-state index in [9.17, 15) is 9.59 Å². The summed E-state index contributed by atoms with van der Waals surface area (Å²) < 4.78 is 16.8. The molecule has 0 unspecified atom stereocenters. The SMILES string of the molecule is CCOc1c(Br)cc(C(=O)N(CC)CC(=O)Nc2ccccc2OC)cc1OC. The van der Waals surface area contributed by atoms with E-state index in [0.717, 1.165) is 0 Å². The van der Waals surface area contributed by atoms with E-state index in [2.05, 4.69) is 21.2 Å². The van der Waals surface area contributed by atoms with Crippen molar-refractivity contribution in [3.63, 3.8) is 0 Å². The molecule has 0 spiro atoms. The van der Waals surface area contributed by atoms with Gasteiger partial charge < -0.3 is 24.4 Å². The number of carbonyl (C=O) groups is 2. The molecule has 0 saturated heterocycles. The van der Waals surface area contributed by atoms with Crippen LogP contribution in [0.1, 0.15) is 24.2 Å². The van der Waals surface area contributed by atoms with Crippen LogP contribution in [0.4, 0.5) is 5.69 Å². The molecule has 8 heteroatoms. The minimum Gasteiger partial charge on any atom is -0.495 e. The number of hydrogen-bond donors (Lipinski definition) is 1. The number of amides is 2. The first-order valence-electron chi connectivity index (χ1n) is 9.17. The van der Waals surface area contributed by atoms with Crippen LogP contribution in [0.2, 0.25) is 0 Å². The van der Waals surface area contributed by atoms with Crippen molar-refractivity contribution in [3.05, 3.63) is 46.4 Å². The molecule has 0 aliphatic carbocycles. The van der Waals surface area contributed by atoms with Crippen LogP contribution in [0.25, 0.3) is 0 Å². The molecular weight excluding hydrogens is 440 g/mol. The number of ether oxygens (including phenoxy) is 3. The fourth-order valence-electron chi connectivity index (χ4n) is 2.75. The molecule has 0 aliphatic heterocycles. The Morgan fingerprint density at radius 3 is 2.38 bits per heavy atom. The van der Waals surface area contributed by atoms with Gasteiger partial charge in [0.25, 0.3) is 5.91 Å². The Balaban J connectivity index is 2.18. The third kappa shape index (κ3) is 5.63. The Morgan fingerprint density at radius 1 is 1.07 bits per heavy atom. The molecule has 2 amide bonds. The summed E-state index contributed by atoms with van der Waals surface area (Å²) in [6.45, 7) is 4.41. The van der Waals surface area contributed by atoms with E-state index in [1.54, 1.807) is 30.3 Å². The molecule has 2 aromatic carbocycles. The lowest BCUT2D eigenvalue weighted by molar-refractivity contribution is -0.116. The molecule has 0 atom stereocenters. The van der Waals surface area contributed by atoms with Gasteiger partial charge in [0, 0.05) is 12.1 Å². The molecule has 29 heavy (non-hydrogen) atoms. The van der Waals surface area contributed by atoms with Crippen molar-refractivity contribution in [1.29, 1.82) is 0 Å². The number of hydrogen-bond acceptors (Lipinski definition) is 5. The highest BCUT2D eigenvalue weighted by Crippen LogP contribution is 2.37. The maximum Gasteiger partial charge on any atom is 0.254 e. The van der Waals surface area contributed by atoms with Crippen molar-refractivity contribution in [2.75, 3.05) is 39.2 Å². The molecule has 7 nitrogen and oxygen atoms in total. The second-order valence-corrected chi connectivity index (χ2v) is 6.84. The van der Waals surface area contributed by atoms with E-state index in [1.807, 2.05) is 19.9 Å². The van der Waals surface area contributed by atoms with Crippen LogP contribution in [0.15, 0.2) is 40.9 Å². The Bertz CT molecular complexity index is 872. The van der Waals surface area contributed by atoms with Gasteiger partial charge in [0.2, 0.25) is 5.91 Å². The summed E-state index contributed by atoms with van der Waals surface area (Å²) in [7, 11) is 3.04. The van der Waals surface area contributed by atoms with E-state index < -0.39 is 0 Å². The predicted molar refractivity (Wildman–Crippen MR) is 115 cm³/mol. The molecular formula is C21H25BrN2O5. The average Bonchev–Trinajstić information content (AvgIpc) is 2.73. The molecule has 0 fully saturated rings. The second kappa shape index (κ2) is 10.7. The smallest absolute Gasteiger partial charge is 0.254 e. The van der Waals surface area contributed by atoms with Gasteiger partial charge in [-0.05, 0) is 54.0 Å². The molecule has 0 radical (unpaired) electrons. The Labute approximate surface area is 179 Å². The monoisotopic (exact) mass is 464 g/mol. The largest absolute Gasteiger partial charge is 0.495 e. The van der Waals surface area contributed by atoms with Crippen molar-refractivity contribution in [3.8, 4) is 17.2 Å². The zero-order valence-electron chi connectivity index (χ0n) is 17.0. The van der Waals surface area contributed by atoms with Crippen LogP contribution in [0, 0.1) is 0 Å². The van der Waals surface area contributed by atoms with E-state index in [0.29, 0.717) is 46.1 Å². The lowest BCUT2D eigenvalue weighted by Crippen LogP contribution is -2.38. The molecule has 0 heterocycles. The molecule has 1 N–H and O–H groups in total. The second-order valence-electron chi connectivity index (χ2n) is 5.99. The van der Waals surface area contributed by atoms with Crippen molar-refractivity contribution in [2.24, 2.45) is 0 Å². The van der Waals surface area contributed by atoms with E-state index in [4.69, 9.17) is 14.2 Å². The third-order valence-electron chi connectivity index (χ3n) is 4.15. The standard InChI is InChI=1S/C21H25BrN2O5/c1-5-24(13-19(25)23-16-9-7-8-10-17(16)27-3)21(26)14-11-15(22)20(29-6-2)18(12-14)28-4/h7-12H,5-6,13H2,1-4H3,(H,23,25). The predicted octanol–water partition coefficient (Wildman–Crippen LogP) is 3.97. The number of nitrogens with zero attached hydrogens (tertiary/aromatic N) is 1. The van der Waals surface area contributed by atoms with Gasteiger partial charge in [0.1, 0.15) is 12.3 Å². The van der Waals surface area contributed by atoms with E-state index in [-0.39, 0.29) is 18.4 Å². The number of carbonyl (C=O) groups excluding carboxylic acids is 2. The average molecular weight is 465 g/mol. The molecule has 156 valence electrons. The lowest BCUT2D eigenvalue weighted by Gasteiger charge is -2.22. The van der Waals surface area contributed by atoms with Gasteiger partial charge in [-0.3, -0.25) is 9.59 Å². The number of anilines is 1. The zero-order chi connectivity index (χ0) is 21.4. The van der Waals surface area contributed by atoms with Crippen LogP contribution < -0.4 is 19.5 Å². The summed E-state index contributed by atoms with van der Waals surface area (Å²) in [4.78, 5) is 26.9. The van der Waals surface area contributed by atoms with Crippen LogP contribution >= 0.6 is 15.9 Å². The van der Waals surface area contributed by atoms with Gasteiger partial charge in [-0.2, -0.15) is 0 Å². The van der Waals surface area contributed by atoms with Gasteiger partial charge in [0.05, 0.1) is 31.0 Å². The molecule has 0 aliphatic rings. The molecule has 2 rings (SSSR count). The first kappa shape index (κ1) is 22.5. The van der Waals surface area contributed by atoms with Crippen molar-refractivity contribution in [2.45, 2.75) is 13.8 Å². The maximum absolute atomic E-state index is 13.0. The van der Waals surface area contributed by atoms with Crippen molar-refractivity contribution >= 4 is 33.4 Å². The number of benzene rings is 2. The molecule has 0 bridgehead atoms. The molecule has 0 saturated carbocycles. The van der Waals surface area contributed by atoms with Crippen LogP contribution in [-0.2, 0) is 4.79 Å². The van der Waals surface area contributed by atoms with Crippen molar-refractivity contribution in [1.82, 2.24) is 4.90 Å². The minimum absolute atomic E-state index is 0.0967. The third-order valence-corrected chi connectivity index (χ3v) is 4.74. The zero-order valence-corrected chi connectivity index (χ0v) is 18.5. The summed E-state index contributed by atoms with van der Waals surface area (Å²) >= 11 is 3.42.